The molecule has 0 saturated carbocycles. The van der Waals surface area contributed by atoms with Gasteiger partial charge in [0.1, 0.15) is 17.3 Å². The standard InChI is InChI=1S/C18H24FN3O.HI/c1-12-9-17(19)6-5-15(12)7-8-21-18(20-4)22-11-16-10-13(2)23-14(16)3;/h5-6,9-10H,7-8,11H2,1-4H3,(H2,20,21,22);1H. The number of nitrogens with zero attached hydrogens (tertiary/aromatic N) is 1. The molecule has 1 aromatic heterocycles. The number of furan rings is 1. The molecule has 0 aliphatic heterocycles. The van der Waals surface area contributed by atoms with Crippen molar-refractivity contribution in [1.82, 2.24) is 10.6 Å². The summed E-state index contributed by atoms with van der Waals surface area (Å²) in [5, 5.41) is 6.54. The monoisotopic (exact) mass is 445 g/mol. The first-order chi connectivity index (χ1) is 11.0. The Labute approximate surface area is 160 Å². The molecule has 2 N–H and O–H groups in total. The highest BCUT2D eigenvalue weighted by Crippen LogP contribution is 2.13. The van der Waals surface area contributed by atoms with E-state index in [1.54, 1.807) is 13.1 Å². The molecule has 1 heterocycles. The predicted molar refractivity (Wildman–Crippen MR) is 107 cm³/mol. The van der Waals surface area contributed by atoms with Crippen LogP contribution in [-0.4, -0.2) is 19.6 Å². The van der Waals surface area contributed by atoms with Gasteiger partial charge in [0, 0.05) is 25.7 Å². The summed E-state index contributed by atoms with van der Waals surface area (Å²) in [5.41, 5.74) is 3.23. The van der Waals surface area contributed by atoms with E-state index in [0.29, 0.717) is 6.54 Å². The van der Waals surface area contributed by atoms with Crippen LogP contribution >= 0.6 is 24.0 Å². The molecule has 6 heteroatoms. The summed E-state index contributed by atoms with van der Waals surface area (Å²) >= 11 is 0. The Morgan fingerprint density at radius 2 is 1.88 bits per heavy atom. The van der Waals surface area contributed by atoms with Crippen LogP contribution in [0.2, 0.25) is 0 Å². The Morgan fingerprint density at radius 1 is 1.12 bits per heavy atom. The first-order valence-corrected chi connectivity index (χ1v) is 7.75. The number of hydrogen-bond donors (Lipinski definition) is 2. The fourth-order valence-electron chi connectivity index (χ4n) is 2.51. The van der Waals surface area contributed by atoms with Crippen molar-refractivity contribution in [3.63, 3.8) is 0 Å². The minimum Gasteiger partial charge on any atom is -0.466 e. The van der Waals surface area contributed by atoms with Crippen molar-refractivity contribution in [2.24, 2.45) is 4.99 Å². The molecule has 0 spiro atoms. The van der Waals surface area contributed by atoms with E-state index in [2.05, 4.69) is 15.6 Å². The fourth-order valence-corrected chi connectivity index (χ4v) is 2.51. The molecule has 2 aromatic rings. The van der Waals surface area contributed by atoms with Gasteiger partial charge in [0.05, 0.1) is 0 Å². The van der Waals surface area contributed by atoms with E-state index in [-0.39, 0.29) is 29.8 Å². The number of hydrogen-bond acceptors (Lipinski definition) is 2. The maximum atomic E-state index is 13.1. The summed E-state index contributed by atoms with van der Waals surface area (Å²) in [6, 6.07) is 6.92. The lowest BCUT2D eigenvalue weighted by molar-refractivity contribution is 0.500. The number of aliphatic imine (C=N–C) groups is 1. The van der Waals surface area contributed by atoms with Crippen molar-refractivity contribution in [3.05, 3.63) is 58.3 Å². The molecule has 0 aliphatic rings. The molecule has 0 bridgehead atoms. The third-order valence-electron chi connectivity index (χ3n) is 3.81. The highest BCUT2D eigenvalue weighted by atomic mass is 127. The van der Waals surface area contributed by atoms with Crippen LogP contribution in [0.3, 0.4) is 0 Å². The first-order valence-electron chi connectivity index (χ1n) is 7.75. The molecule has 1 aromatic carbocycles. The molecular weight excluding hydrogens is 420 g/mol. The van der Waals surface area contributed by atoms with Crippen molar-refractivity contribution in [1.29, 1.82) is 0 Å². The number of benzene rings is 1. The molecule has 0 atom stereocenters. The maximum absolute atomic E-state index is 13.1. The van der Waals surface area contributed by atoms with Crippen LogP contribution < -0.4 is 10.6 Å². The molecule has 0 aliphatic carbocycles. The third-order valence-corrected chi connectivity index (χ3v) is 3.81. The summed E-state index contributed by atoms with van der Waals surface area (Å²) in [5.74, 6) is 2.38. The SMILES string of the molecule is CN=C(NCCc1ccc(F)cc1C)NCc1cc(C)oc1C.I. The van der Waals surface area contributed by atoms with Crippen LogP contribution in [0.1, 0.15) is 28.2 Å². The Morgan fingerprint density at radius 3 is 2.46 bits per heavy atom. The van der Waals surface area contributed by atoms with E-state index < -0.39 is 0 Å². The Hall–Kier alpha value is -1.57. The number of nitrogens with one attached hydrogen (secondary N) is 2. The summed E-state index contributed by atoms with van der Waals surface area (Å²) in [4.78, 5) is 4.21. The molecule has 132 valence electrons. The van der Waals surface area contributed by atoms with Gasteiger partial charge >= 0.3 is 0 Å². The number of aryl methyl sites for hydroxylation is 3. The zero-order valence-corrected chi connectivity index (χ0v) is 16.9. The molecule has 0 saturated heterocycles. The zero-order chi connectivity index (χ0) is 16.8. The van der Waals surface area contributed by atoms with Crippen molar-refractivity contribution in [3.8, 4) is 0 Å². The highest BCUT2D eigenvalue weighted by molar-refractivity contribution is 14.0. The second kappa shape index (κ2) is 9.66. The van der Waals surface area contributed by atoms with Crippen molar-refractivity contribution in [2.45, 2.75) is 33.7 Å². The lowest BCUT2D eigenvalue weighted by Gasteiger charge is -2.12. The van der Waals surface area contributed by atoms with Gasteiger partial charge in [0.25, 0.3) is 0 Å². The van der Waals surface area contributed by atoms with Crippen LogP contribution in [0.25, 0.3) is 0 Å². The van der Waals surface area contributed by atoms with Crippen LogP contribution in [0.15, 0.2) is 33.7 Å². The van der Waals surface area contributed by atoms with Crippen LogP contribution in [0, 0.1) is 26.6 Å². The summed E-state index contributed by atoms with van der Waals surface area (Å²) < 4.78 is 18.6. The number of guanidine groups is 1. The van der Waals surface area contributed by atoms with Gasteiger partial charge in [0.2, 0.25) is 0 Å². The van der Waals surface area contributed by atoms with Crippen molar-refractivity contribution in [2.75, 3.05) is 13.6 Å². The zero-order valence-electron chi connectivity index (χ0n) is 14.6. The average Bonchev–Trinajstić information content (AvgIpc) is 2.82. The number of rotatable bonds is 5. The maximum Gasteiger partial charge on any atom is 0.191 e. The summed E-state index contributed by atoms with van der Waals surface area (Å²) in [6.07, 6.45) is 0.816. The molecule has 0 fully saturated rings. The number of halogens is 2. The predicted octanol–water partition coefficient (Wildman–Crippen LogP) is 3.87. The minimum absolute atomic E-state index is 0. The van der Waals surface area contributed by atoms with Gasteiger partial charge in [-0.3, -0.25) is 4.99 Å². The largest absolute Gasteiger partial charge is 0.466 e. The van der Waals surface area contributed by atoms with Gasteiger partial charge in [-0.1, -0.05) is 6.07 Å². The van der Waals surface area contributed by atoms with Gasteiger partial charge in [-0.15, -0.1) is 24.0 Å². The van der Waals surface area contributed by atoms with E-state index in [4.69, 9.17) is 4.42 Å². The molecule has 0 unspecified atom stereocenters. The normalized spacial score (nSPS) is 11.1. The van der Waals surface area contributed by atoms with E-state index in [0.717, 1.165) is 47.1 Å². The van der Waals surface area contributed by atoms with Gasteiger partial charge in [0.15, 0.2) is 5.96 Å². The quantitative estimate of drug-likeness (QED) is 0.418. The summed E-state index contributed by atoms with van der Waals surface area (Å²) in [7, 11) is 1.74. The van der Waals surface area contributed by atoms with Crippen LogP contribution in [0.5, 0.6) is 0 Å². The van der Waals surface area contributed by atoms with Crippen LogP contribution in [-0.2, 0) is 13.0 Å². The molecule has 0 radical (unpaired) electrons. The smallest absolute Gasteiger partial charge is 0.191 e. The van der Waals surface area contributed by atoms with Crippen LogP contribution in [0.4, 0.5) is 4.39 Å². The first kappa shape index (κ1) is 20.5. The topological polar surface area (TPSA) is 49.6 Å². The molecule has 24 heavy (non-hydrogen) atoms. The van der Waals surface area contributed by atoms with Crippen molar-refractivity contribution >= 4 is 29.9 Å². The van der Waals surface area contributed by atoms with Gasteiger partial charge in [-0.25, -0.2) is 4.39 Å². The second-order valence-electron chi connectivity index (χ2n) is 5.61. The van der Waals surface area contributed by atoms with E-state index in [9.17, 15) is 4.39 Å². The second-order valence-corrected chi connectivity index (χ2v) is 5.61. The Balaban J connectivity index is 0.00000288. The minimum atomic E-state index is -0.192. The van der Waals surface area contributed by atoms with Gasteiger partial charge in [-0.05, 0) is 56.5 Å². The molecular formula is C18H25FIN3O. The van der Waals surface area contributed by atoms with E-state index in [1.807, 2.05) is 32.9 Å². The fraction of sp³-hybridized carbons (Fsp3) is 0.389. The van der Waals surface area contributed by atoms with E-state index >= 15 is 0 Å². The highest BCUT2D eigenvalue weighted by Gasteiger charge is 2.06. The summed E-state index contributed by atoms with van der Waals surface area (Å²) in [6.45, 7) is 7.22. The molecule has 2 rings (SSSR count). The van der Waals surface area contributed by atoms with Gasteiger partial charge in [-0.2, -0.15) is 0 Å². The molecule has 0 amide bonds. The Kier molecular flexibility index (Phi) is 8.24. The molecule has 4 nitrogen and oxygen atoms in total. The van der Waals surface area contributed by atoms with E-state index in [1.165, 1.54) is 6.07 Å². The lowest BCUT2D eigenvalue weighted by Crippen LogP contribution is -2.37. The lowest BCUT2D eigenvalue weighted by atomic mass is 10.1. The Bertz CT molecular complexity index is 698. The van der Waals surface area contributed by atoms with Crippen molar-refractivity contribution < 1.29 is 8.81 Å². The third kappa shape index (κ3) is 5.81. The average molecular weight is 445 g/mol. The van der Waals surface area contributed by atoms with Gasteiger partial charge < -0.3 is 15.1 Å².